The van der Waals surface area contributed by atoms with Gasteiger partial charge < -0.3 is 35.3 Å². The largest absolute Gasteiger partial charge is 0.508 e. The number of benzene rings is 4. The molecule has 12 heteroatoms. The number of carbonyl (C=O) groups is 3. The third-order valence-corrected chi connectivity index (χ3v) is 7.94. The van der Waals surface area contributed by atoms with Gasteiger partial charge in [-0.25, -0.2) is 0 Å². The van der Waals surface area contributed by atoms with Crippen LogP contribution in [0.15, 0.2) is 95.5 Å². The molecule has 0 saturated heterocycles. The second-order valence-electron chi connectivity index (χ2n) is 9.72. The van der Waals surface area contributed by atoms with E-state index in [1.165, 1.54) is 51.3 Å². The van der Waals surface area contributed by atoms with Crippen LogP contribution in [-0.4, -0.2) is 49.4 Å². The quantitative estimate of drug-likeness (QED) is 0.0985. The summed E-state index contributed by atoms with van der Waals surface area (Å²) in [6.07, 6.45) is 1.46. The molecular formula is C34H32ClN3O7S. The lowest BCUT2D eigenvalue weighted by Gasteiger charge is -2.16. The number of methoxy groups -OCH3 is 3. The van der Waals surface area contributed by atoms with Crippen molar-refractivity contribution in [1.82, 2.24) is 5.32 Å². The van der Waals surface area contributed by atoms with E-state index in [0.29, 0.717) is 49.7 Å². The number of aromatic hydroxyl groups is 1. The first kappa shape index (κ1) is 33.8. The van der Waals surface area contributed by atoms with Crippen molar-refractivity contribution in [2.45, 2.75) is 17.1 Å². The zero-order chi connectivity index (χ0) is 33.2. The van der Waals surface area contributed by atoms with Crippen LogP contribution in [0, 0.1) is 0 Å². The van der Waals surface area contributed by atoms with Gasteiger partial charge in [0.1, 0.15) is 28.7 Å². The Morgan fingerprint density at radius 3 is 2.24 bits per heavy atom. The maximum atomic E-state index is 13.5. The minimum atomic E-state index is -0.601. The Morgan fingerprint density at radius 1 is 0.826 bits per heavy atom. The smallest absolute Gasteiger partial charge is 0.272 e. The fourth-order valence-electron chi connectivity index (χ4n) is 4.21. The van der Waals surface area contributed by atoms with Crippen LogP contribution < -0.4 is 30.2 Å². The topological polar surface area (TPSA) is 135 Å². The molecule has 0 heterocycles. The van der Waals surface area contributed by atoms with E-state index in [2.05, 4.69) is 16.0 Å². The number of phenols is 1. The fraction of sp³-hybridized carbons (Fsp3) is 0.147. The highest BCUT2D eigenvalue weighted by Gasteiger charge is 2.20. The Bertz CT molecular complexity index is 1770. The second-order valence-corrected chi connectivity index (χ2v) is 11.5. The van der Waals surface area contributed by atoms with E-state index in [4.69, 9.17) is 25.8 Å². The first-order valence-electron chi connectivity index (χ1n) is 13.9. The van der Waals surface area contributed by atoms with Gasteiger partial charge >= 0.3 is 0 Å². The summed E-state index contributed by atoms with van der Waals surface area (Å²) in [6, 6.07) is 23.0. The van der Waals surface area contributed by atoms with Gasteiger partial charge in [0.25, 0.3) is 11.8 Å². The standard InChI is InChI=1S/C34H32ClN3O7S/c1-20(32(40)37-27-18-26(35)30(44-3)19-31(27)45-4)46-25-12-8-11-23(16-25)36-34(42)28(38-33(41)21-9-6-5-7-10-21)15-22-13-14-24(39)17-29(22)43-2/h5-20,39H,1-4H3,(H,36,42)(H,37,40)(H,38,41)/b28-15+. The molecule has 1 atom stereocenters. The van der Waals surface area contributed by atoms with Crippen molar-refractivity contribution in [3.63, 3.8) is 0 Å². The first-order valence-corrected chi connectivity index (χ1v) is 15.1. The van der Waals surface area contributed by atoms with Gasteiger partial charge in [-0.15, -0.1) is 11.8 Å². The van der Waals surface area contributed by atoms with Crippen molar-refractivity contribution in [2.75, 3.05) is 32.0 Å². The molecule has 0 radical (unpaired) electrons. The zero-order valence-electron chi connectivity index (χ0n) is 25.4. The van der Waals surface area contributed by atoms with Crippen molar-refractivity contribution < 1.29 is 33.7 Å². The normalized spacial score (nSPS) is 11.6. The van der Waals surface area contributed by atoms with Crippen LogP contribution in [0.5, 0.6) is 23.0 Å². The highest BCUT2D eigenvalue weighted by atomic mass is 35.5. The molecule has 0 saturated carbocycles. The molecule has 0 aromatic heterocycles. The third-order valence-electron chi connectivity index (χ3n) is 6.55. The molecule has 10 nitrogen and oxygen atoms in total. The van der Waals surface area contributed by atoms with Crippen LogP contribution in [0.1, 0.15) is 22.8 Å². The summed E-state index contributed by atoms with van der Waals surface area (Å²) in [5, 5.41) is 18.0. The molecule has 46 heavy (non-hydrogen) atoms. The van der Waals surface area contributed by atoms with Crippen LogP contribution in [0.25, 0.3) is 6.08 Å². The average Bonchev–Trinajstić information content (AvgIpc) is 3.05. The number of phenolic OH excluding ortho intramolecular Hbond substituents is 1. The molecular weight excluding hydrogens is 630 g/mol. The summed E-state index contributed by atoms with van der Waals surface area (Å²) in [5.74, 6) is -0.288. The Morgan fingerprint density at radius 2 is 1.54 bits per heavy atom. The highest BCUT2D eigenvalue weighted by Crippen LogP contribution is 2.36. The molecule has 0 aliphatic rings. The zero-order valence-corrected chi connectivity index (χ0v) is 27.0. The number of hydrogen-bond acceptors (Lipinski definition) is 8. The number of ether oxygens (including phenoxy) is 3. The molecule has 3 amide bonds. The van der Waals surface area contributed by atoms with Gasteiger partial charge in [-0.2, -0.15) is 0 Å². The summed E-state index contributed by atoms with van der Waals surface area (Å²) in [4.78, 5) is 40.3. The molecule has 0 aliphatic carbocycles. The number of nitrogens with one attached hydrogen (secondary N) is 3. The Hall–Kier alpha value is -5.13. The molecule has 4 aromatic carbocycles. The lowest BCUT2D eigenvalue weighted by molar-refractivity contribution is -0.115. The number of rotatable bonds is 12. The van der Waals surface area contributed by atoms with E-state index < -0.39 is 17.1 Å². The number of carbonyl (C=O) groups excluding carboxylic acids is 3. The highest BCUT2D eigenvalue weighted by molar-refractivity contribution is 8.00. The molecule has 0 bridgehead atoms. The number of thioether (sulfide) groups is 1. The van der Waals surface area contributed by atoms with E-state index >= 15 is 0 Å². The molecule has 1 unspecified atom stereocenters. The van der Waals surface area contributed by atoms with Gasteiger partial charge in [-0.1, -0.05) is 35.9 Å². The van der Waals surface area contributed by atoms with Gasteiger partial charge in [-0.3, -0.25) is 14.4 Å². The molecule has 4 aromatic rings. The van der Waals surface area contributed by atoms with Crippen molar-refractivity contribution in [3.05, 3.63) is 107 Å². The summed E-state index contributed by atoms with van der Waals surface area (Å²) in [7, 11) is 4.39. The van der Waals surface area contributed by atoms with Crippen LogP contribution in [-0.2, 0) is 9.59 Å². The summed E-state index contributed by atoms with van der Waals surface area (Å²) >= 11 is 7.52. The monoisotopic (exact) mass is 661 g/mol. The van der Waals surface area contributed by atoms with Gasteiger partial charge in [-0.05, 0) is 61.5 Å². The van der Waals surface area contributed by atoms with Crippen LogP contribution in [0.3, 0.4) is 0 Å². The van der Waals surface area contributed by atoms with Crippen LogP contribution >= 0.6 is 23.4 Å². The minimum Gasteiger partial charge on any atom is -0.508 e. The van der Waals surface area contributed by atoms with E-state index in [1.807, 2.05) is 6.07 Å². The first-order chi connectivity index (χ1) is 22.1. The molecule has 0 spiro atoms. The van der Waals surface area contributed by atoms with Gasteiger partial charge in [0.2, 0.25) is 5.91 Å². The SMILES string of the molecule is COc1cc(OC)c(NC(=O)C(C)Sc2cccc(NC(=O)/C(=C\c3ccc(O)cc3OC)NC(=O)c3ccccc3)c2)cc1Cl. The average molecular weight is 662 g/mol. The Balaban J connectivity index is 1.52. The lowest BCUT2D eigenvalue weighted by atomic mass is 10.1. The third kappa shape index (κ3) is 8.74. The van der Waals surface area contributed by atoms with Crippen molar-refractivity contribution in [1.29, 1.82) is 0 Å². The molecule has 0 aliphatic heterocycles. The number of anilines is 2. The Labute approximate surface area is 275 Å². The molecule has 0 fully saturated rings. The summed E-state index contributed by atoms with van der Waals surface area (Å²) in [5.41, 5.74) is 1.59. The number of halogens is 1. The van der Waals surface area contributed by atoms with E-state index in [1.54, 1.807) is 73.7 Å². The molecule has 4 rings (SSSR count). The Kier molecular flexibility index (Phi) is 11.5. The fourth-order valence-corrected chi connectivity index (χ4v) is 5.38. The predicted molar refractivity (Wildman–Crippen MR) is 180 cm³/mol. The number of amides is 3. The van der Waals surface area contributed by atoms with E-state index in [-0.39, 0.29) is 17.4 Å². The summed E-state index contributed by atoms with van der Waals surface area (Å²) in [6.45, 7) is 1.74. The predicted octanol–water partition coefficient (Wildman–Crippen LogP) is 6.60. The van der Waals surface area contributed by atoms with Gasteiger partial charge in [0.15, 0.2) is 0 Å². The van der Waals surface area contributed by atoms with Crippen molar-refractivity contribution >= 4 is 58.5 Å². The van der Waals surface area contributed by atoms with Crippen LogP contribution in [0.4, 0.5) is 11.4 Å². The van der Waals surface area contributed by atoms with Crippen molar-refractivity contribution in [2.24, 2.45) is 0 Å². The van der Waals surface area contributed by atoms with Gasteiger partial charge in [0, 0.05) is 33.8 Å². The minimum absolute atomic E-state index is 0.0162. The lowest BCUT2D eigenvalue weighted by Crippen LogP contribution is -2.30. The van der Waals surface area contributed by atoms with E-state index in [0.717, 1.165) is 0 Å². The second kappa shape index (κ2) is 15.7. The molecule has 4 N–H and O–H groups in total. The van der Waals surface area contributed by atoms with Crippen molar-refractivity contribution in [3.8, 4) is 23.0 Å². The van der Waals surface area contributed by atoms with Crippen LogP contribution in [0.2, 0.25) is 5.02 Å². The van der Waals surface area contributed by atoms with E-state index in [9.17, 15) is 19.5 Å². The maximum Gasteiger partial charge on any atom is 0.272 e. The maximum absolute atomic E-state index is 13.5. The molecule has 238 valence electrons. The number of hydrogen-bond donors (Lipinski definition) is 4. The summed E-state index contributed by atoms with van der Waals surface area (Å²) < 4.78 is 15.9. The van der Waals surface area contributed by atoms with Gasteiger partial charge in [0.05, 0.1) is 37.3 Å².